The number of nitrogens with one attached hydrogen (secondary N) is 1. The summed E-state index contributed by atoms with van der Waals surface area (Å²) in [6.45, 7) is 0.988. The van der Waals surface area contributed by atoms with Gasteiger partial charge >= 0.3 is 11.9 Å². The monoisotopic (exact) mass is 660 g/mol. The molecule has 6 nitrogen and oxygen atoms in total. The van der Waals surface area contributed by atoms with Gasteiger partial charge in [-0.15, -0.1) is 11.3 Å². The van der Waals surface area contributed by atoms with Crippen LogP contribution in [0.4, 0.5) is 17.1 Å². The van der Waals surface area contributed by atoms with Crippen molar-refractivity contribution < 1.29 is 20.0 Å². The molecule has 0 bridgehead atoms. The third kappa shape index (κ3) is 7.04. The number of primary amides is 1. The SMILES string of the molecule is N=C(C(=O)O)/C(=C/c1ccc(-c2ccc(-c3ccc4c(c3)CCCN4c3ccc(-c4ccccc4)cc3)cc2)s1)C(=O)[NH2+]c1ccccc1. The number of nitrogens with zero attached hydrogens (tertiary/aromatic N) is 1. The minimum atomic E-state index is -1.44. The number of para-hydroxylation sites is 1. The van der Waals surface area contributed by atoms with Gasteiger partial charge in [-0.1, -0.05) is 91.0 Å². The van der Waals surface area contributed by atoms with Gasteiger partial charge in [0.2, 0.25) is 0 Å². The Balaban J connectivity index is 1.08. The molecule has 7 rings (SSSR count). The first kappa shape index (κ1) is 31.7. The Morgan fingerprint density at radius 3 is 2.04 bits per heavy atom. The number of hydrogen-bond donors (Lipinski definition) is 3. The molecule has 1 aromatic heterocycles. The molecular weight excluding hydrogens is 627 g/mol. The molecule has 6 aromatic rings. The smallest absolute Gasteiger partial charge is 0.354 e. The molecule has 49 heavy (non-hydrogen) atoms. The van der Waals surface area contributed by atoms with Gasteiger partial charge < -0.3 is 10.0 Å². The Kier molecular flexibility index (Phi) is 9.10. The van der Waals surface area contributed by atoms with Crippen LogP contribution >= 0.6 is 11.3 Å². The van der Waals surface area contributed by atoms with Crippen LogP contribution in [0.1, 0.15) is 16.9 Å². The van der Waals surface area contributed by atoms with Gasteiger partial charge in [0.15, 0.2) is 5.71 Å². The standard InChI is InChI=1S/C42H33N3O3S/c43-40(42(47)48)37(41(46)44-34-11-5-2-6-12-34)27-36-22-24-39(49-36)31-15-13-30(14-16-31)32-19-23-38-33(26-32)10-7-25-45(38)35-20-17-29(18-21-35)28-8-3-1-4-9-28/h1-6,8-9,11-24,26-27,43H,7,10,25H2,(H,44,46)(H,47,48)/p+1/b37-27-,43-40?. The van der Waals surface area contributed by atoms with Crippen molar-refractivity contribution in [2.24, 2.45) is 0 Å². The van der Waals surface area contributed by atoms with Crippen molar-refractivity contribution in [1.82, 2.24) is 0 Å². The van der Waals surface area contributed by atoms with Gasteiger partial charge in [-0.2, -0.15) is 0 Å². The van der Waals surface area contributed by atoms with Gasteiger partial charge in [0.25, 0.3) is 0 Å². The number of fused-ring (bicyclic) bond motifs is 1. The van der Waals surface area contributed by atoms with E-state index in [1.165, 1.54) is 56.4 Å². The largest absolute Gasteiger partial charge is 0.477 e. The molecule has 0 atom stereocenters. The summed E-state index contributed by atoms with van der Waals surface area (Å²) in [5, 5.41) is 18.9. The van der Waals surface area contributed by atoms with E-state index >= 15 is 0 Å². The Morgan fingerprint density at radius 2 is 1.33 bits per heavy atom. The minimum absolute atomic E-state index is 0.157. The predicted molar refractivity (Wildman–Crippen MR) is 199 cm³/mol. The van der Waals surface area contributed by atoms with E-state index in [-0.39, 0.29) is 5.57 Å². The number of carbonyl (C=O) groups excluding carboxylic acids is 1. The van der Waals surface area contributed by atoms with Gasteiger partial charge in [0.05, 0.1) is 0 Å². The summed E-state index contributed by atoms with van der Waals surface area (Å²) >= 11 is 1.45. The maximum atomic E-state index is 13.0. The first-order chi connectivity index (χ1) is 23.9. The highest BCUT2D eigenvalue weighted by Crippen LogP contribution is 2.38. The molecule has 2 heterocycles. The lowest BCUT2D eigenvalue weighted by molar-refractivity contribution is -0.478. The van der Waals surface area contributed by atoms with Crippen molar-refractivity contribution in [3.05, 3.63) is 156 Å². The average molecular weight is 661 g/mol. The lowest BCUT2D eigenvalue weighted by atomic mass is 9.95. The molecule has 0 spiro atoms. The van der Waals surface area contributed by atoms with E-state index in [4.69, 9.17) is 5.41 Å². The zero-order valence-corrected chi connectivity index (χ0v) is 27.5. The summed E-state index contributed by atoms with van der Waals surface area (Å²) in [4.78, 5) is 28.8. The summed E-state index contributed by atoms with van der Waals surface area (Å²) in [7, 11) is 0. The molecule has 0 saturated heterocycles. The summed E-state index contributed by atoms with van der Waals surface area (Å²) < 4.78 is 0. The number of rotatable bonds is 9. The summed E-state index contributed by atoms with van der Waals surface area (Å²) in [5.41, 5.74) is 9.32. The molecule has 7 heteroatoms. The van der Waals surface area contributed by atoms with Crippen LogP contribution in [0.5, 0.6) is 0 Å². The predicted octanol–water partition coefficient (Wildman–Crippen LogP) is 8.74. The molecule has 5 aromatic carbocycles. The number of aliphatic carboxylic acids is 1. The normalized spacial score (nSPS) is 12.7. The van der Waals surface area contributed by atoms with Crippen molar-refractivity contribution in [3.63, 3.8) is 0 Å². The second-order valence-electron chi connectivity index (χ2n) is 11.9. The molecule has 0 unspecified atom stereocenters. The van der Waals surface area contributed by atoms with E-state index in [2.05, 4.69) is 95.9 Å². The highest BCUT2D eigenvalue weighted by Gasteiger charge is 2.25. The zero-order chi connectivity index (χ0) is 33.7. The van der Waals surface area contributed by atoms with Crippen LogP contribution in [0.15, 0.2) is 145 Å². The maximum absolute atomic E-state index is 13.0. The summed E-state index contributed by atoms with van der Waals surface area (Å²) in [5.74, 6) is -1.96. The third-order valence-corrected chi connectivity index (χ3v) is 9.83. The molecule has 1 amide bonds. The molecule has 0 radical (unpaired) electrons. The van der Waals surface area contributed by atoms with Crippen LogP contribution in [-0.2, 0) is 16.0 Å². The number of hydrogen-bond acceptors (Lipinski definition) is 5. The van der Waals surface area contributed by atoms with Gasteiger partial charge in [-0.05, 0) is 101 Å². The van der Waals surface area contributed by atoms with E-state index in [0.29, 0.717) is 10.6 Å². The summed E-state index contributed by atoms with van der Waals surface area (Å²) in [6, 6.07) is 47.2. The molecule has 240 valence electrons. The fraction of sp³-hybridized carbons (Fsp3) is 0.0714. The first-order valence-corrected chi connectivity index (χ1v) is 17.0. The lowest BCUT2D eigenvalue weighted by Crippen LogP contribution is -2.83. The van der Waals surface area contributed by atoms with E-state index in [1.807, 2.05) is 24.3 Å². The van der Waals surface area contributed by atoms with Gasteiger partial charge in [0, 0.05) is 27.7 Å². The van der Waals surface area contributed by atoms with Crippen LogP contribution in [0, 0.1) is 5.41 Å². The Hall–Kier alpha value is -5.89. The fourth-order valence-corrected chi connectivity index (χ4v) is 7.18. The van der Waals surface area contributed by atoms with Crippen LogP contribution in [0.3, 0.4) is 0 Å². The molecule has 1 aliphatic rings. The Bertz CT molecular complexity index is 2170. The van der Waals surface area contributed by atoms with E-state index < -0.39 is 17.6 Å². The number of quaternary nitrogens is 1. The second-order valence-corrected chi connectivity index (χ2v) is 13.1. The first-order valence-electron chi connectivity index (χ1n) is 16.2. The number of anilines is 2. The number of carboxylic acid groups (broad SMARTS) is 1. The number of amides is 1. The van der Waals surface area contributed by atoms with E-state index in [9.17, 15) is 14.7 Å². The number of carboxylic acids is 1. The Labute approximate surface area is 289 Å². The molecule has 0 fully saturated rings. The zero-order valence-electron chi connectivity index (χ0n) is 26.7. The number of nitrogens with two attached hydrogens (primary N) is 1. The fourth-order valence-electron chi connectivity index (χ4n) is 6.22. The minimum Gasteiger partial charge on any atom is -0.477 e. The van der Waals surface area contributed by atoms with Crippen molar-refractivity contribution in [1.29, 1.82) is 5.41 Å². The van der Waals surface area contributed by atoms with Gasteiger partial charge in [-0.25, -0.2) is 14.9 Å². The number of benzene rings is 5. The molecular formula is C42H34N3O3S+. The molecule has 0 saturated carbocycles. The van der Waals surface area contributed by atoms with Crippen molar-refractivity contribution in [3.8, 4) is 32.7 Å². The highest BCUT2D eigenvalue weighted by atomic mass is 32.1. The summed E-state index contributed by atoms with van der Waals surface area (Å²) in [6.07, 6.45) is 3.63. The number of thiophene rings is 1. The highest BCUT2D eigenvalue weighted by molar-refractivity contribution is 7.16. The molecule has 0 aliphatic carbocycles. The van der Waals surface area contributed by atoms with Crippen molar-refractivity contribution >= 4 is 52.1 Å². The van der Waals surface area contributed by atoms with Crippen LogP contribution < -0.4 is 10.2 Å². The number of aryl methyl sites for hydroxylation is 1. The van der Waals surface area contributed by atoms with Crippen LogP contribution in [0.2, 0.25) is 0 Å². The Morgan fingerprint density at radius 1 is 0.714 bits per heavy atom. The van der Waals surface area contributed by atoms with E-state index in [1.54, 1.807) is 24.3 Å². The number of carbonyl (C=O) groups is 2. The van der Waals surface area contributed by atoms with Crippen LogP contribution in [-0.4, -0.2) is 29.2 Å². The quantitative estimate of drug-likeness (QED) is 0.0821. The third-order valence-electron chi connectivity index (χ3n) is 8.75. The van der Waals surface area contributed by atoms with Gasteiger partial charge in [0.1, 0.15) is 11.3 Å². The molecule has 1 aliphatic heterocycles. The average Bonchev–Trinajstić information content (AvgIpc) is 3.63. The van der Waals surface area contributed by atoms with Gasteiger partial charge in [-0.3, -0.25) is 5.41 Å². The van der Waals surface area contributed by atoms with E-state index in [0.717, 1.165) is 35.4 Å². The lowest BCUT2D eigenvalue weighted by Gasteiger charge is -2.32. The van der Waals surface area contributed by atoms with Crippen molar-refractivity contribution in [2.75, 3.05) is 11.4 Å². The van der Waals surface area contributed by atoms with Crippen LogP contribution in [0.25, 0.3) is 38.8 Å². The van der Waals surface area contributed by atoms with Crippen molar-refractivity contribution in [2.45, 2.75) is 12.8 Å². The molecule has 4 N–H and O–H groups in total. The maximum Gasteiger partial charge on any atom is 0.354 e. The topological polar surface area (TPSA) is 98.1 Å². The second kappa shape index (κ2) is 14.1.